The highest BCUT2D eigenvalue weighted by atomic mass is 16.2. The molecule has 2 unspecified atom stereocenters. The van der Waals surface area contributed by atoms with E-state index in [1.54, 1.807) is 0 Å². The Bertz CT molecular complexity index is 267. The lowest BCUT2D eigenvalue weighted by molar-refractivity contribution is -0.137. The minimum absolute atomic E-state index is 0.164. The highest BCUT2D eigenvalue weighted by Crippen LogP contribution is 2.30. The molecule has 2 rings (SSSR count). The van der Waals surface area contributed by atoms with E-state index in [1.165, 1.54) is 25.7 Å². The number of nitrogens with one attached hydrogen (secondary N) is 1. The zero-order valence-corrected chi connectivity index (χ0v) is 11.4. The number of carbonyl (C=O) groups excluding carboxylic acids is 1. The van der Waals surface area contributed by atoms with Crippen LogP contribution in [-0.4, -0.2) is 36.0 Å². The van der Waals surface area contributed by atoms with Gasteiger partial charge in [-0.05, 0) is 38.1 Å². The van der Waals surface area contributed by atoms with Gasteiger partial charge in [-0.2, -0.15) is 0 Å². The first-order valence-electron chi connectivity index (χ1n) is 7.13. The van der Waals surface area contributed by atoms with Gasteiger partial charge in [0.15, 0.2) is 0 Å². The molecule has 0 aromatic carbocycles. The fourth-order valence-corrected chi connectivity index (χ4v) is 2.50. The predicted octanol–water partition coefficient (Wildman–Crippen LogP) is 2.02. The first-order valence-corrected chi connectivity index (χ1v) is 7.13. The van der Waals surface area contributed by atoms with Gasteiger partial charge in [0.1, 0.15) is 0 Å². The average molecular weight is 238 g/mol. The van der Waals surface area contributed by atoms with Crippen LogP contribution in [0.1, 0.15) is 46.5 Å². The maximum Gasteiger partial charge on any atom is 0.225 e. The lowest BCUT2D eigenvalue weighted by Crippen LogP contribution is -2.45. The fraction of sp³-hybridized carbons (Fsp3) is 0.929. The Morgan fingerprint density at radius 3 is 2.47 bits per heavy atom. The second-order valence-corrected chi connectivity index (χ2v) is 6.05. The Hall–Kier alpha value is -0.570. The highest BCUT2D eigenvalue weighted by molar-refractivity contribution is 5.79. The van der Waals surface area contributed by atoms with Gasteiger partial charge < -0.3 is 10.2 Å². The summed E-state index contributed by atoms with van der Waals surface area (Å²) >= 11 is 0. The Kier molecular flexibility index (Phi) is 4.08. The maximum atomic E-state index is 12.5. The van der Waals surface area contributed by atoms with E-state index in [9.17, 15) is 4.79 Å². The van der Waals surface area contributed by atoms with E-state index in [2.05, 4.69) is 31.0 Å². The van der Waals surface area contributed by atoms with Gasteiger partial charge in [-0.25, -0.2) is 0 Å². The predicted molar refractivity (Wildman–Crippen MR) is 69.8 cm³/mol. The molecule has 1 N–H and O–H groups in total. The van der Waals surface area contributed by atoms with Crippen LogP contribution in [0.2, 0.25) is 0 Å². The normalized spacial score (nSPS) is 26.2. The average Bonchev–Trinajstić information content (AvgIpc) is 3.01. The molecular formula is C14H26N2O. The third-order valence-electron chi connectivity index (χ3n) is 4.24. The van der Waals surface area contributed by atoms with E-state index >= 15 is 0 Å². The van der Waals surface area contributed by atoms with E-state index in [0.29, 0.717) is 23.9 Å². The van der Waals surface area contributed by atoms with Gasteiger partial charge in [0.05, 0.1) is 0 Å². The molecular weight excluding hydrogens is 212 g/mol. The van der Waals surface area contributed by atoms with Crippen LogP contribution in [0, 0.1) is 11.8 Å². The van der Waals surface area contributed by atoms with Crippen molar-refractivity contribution >= 4 is 5.91 Å². The molecule has 3 nitrogen and oxygen atoms in total. The quantitative estimate of drug-likeness (QED) is 0.795. The molecule has 3 heteroatoms. The topological polar surface area (TPSA) is 32.3 Å². The monoisotopic (exact) mass is 238 g/mol. The van der Waals surface area contributed by atoms with Gasteiger partial charge in [0, 0.05) is 24.5 Å². The van der Waals surface area contributed by atoms with Crippen molar-refractivity contribution in [1.29, 1.82) is 0 Å². The first kappa shape index (κ1) is 12.9. The van der Waals surface area contributed by atoms with Gasteiger partial charge >= 0.3 is 0 Å². The zero-order chi connectivity index (χ0) is 12.4. The number of carbonyl (C=O) groups is 1. The van der Waals surface area contributed by atoms with E-state index < -0.39 is 0 Å². The molecule has 1 heterocycles. The largest absolute Gasteiger partial charge is 0.338 e. The smallest absolute Gasteiger partial charge is 0.225 e. The number of hydrogen-bond acceptors (Lipinski definition) is 2. The molecule has 2 fully saturated rings. The Balaban J connectivity index is 1.93. The van der Waals surface area contributed by atoms with Crippen LogP contribution in [0.5, 0.6) is 0 Å². The number of rotatable bonds is 5. The number of hydrogen-bond donors (Lipinski definition) is 1. The molecule has 0 radical (unpaired) electrons. The number of nitrogens with zero attached hydrogens (tertiary/aromatic N) is 1. The van der Waals surface area contributed by atoms with Crippen molar-refractivity contribution in [3.8, 4) is 0 Å². The summed E-state index contributed by atoms with van der Waals surface area (Å²) in [6.45, 7) is 8.41. The van der Waals surface area contributed by atoms with Gasteiger partial charge in [-0.3, -0.25) is 4.79 Å². The minimum Gasteiger partial charge on any atom is -0.338 e. The van der Waals surface area contributed by atoms with E-state index in [1.807, 2.05) is 0 Å². The SMILES string of the molecule is CC(C)C(C)C(=O)N(CC1CCCN1)C1CC1. The zero-order valence-electron chi connectivity index (χ0n) is 11.4. The lowest BCUT2D eigenvalue weighted by atomic mass is 9.96. The summed E-state index contributed by atoms with van der Waals surface area (Å²) in [6.07, 6.45) is 4.91. The molecule has 1 aliphatic heterocycles. The minimum atomic E-state index is 0.164. The molecule has 1 saturated carbocycles. The molecule has 17 heavy (non-hydrogen) atoms. The summed E-state index contributed by atoms with van der Waals surface area (Å²) < 4.78 is 0. The van der Waals surface area contributed by atoms with Crippen molar-refractivity contribution in [3.05, 3.63) is 0 Å². The first-order chi connectivity index (χ1) is 8.09. The van der Waals surface area contributed by atoms with Crippen LogP contribution < -0.4 is 5.32 Å². The molecule has 1 aliphatic carbocycles. The van der Waals surface area contributed by atoms with Crippen LogP contribution in [0.3, 0.4) is 0 Å². The van der Waals surface area contributed by atoms with Crippen molar-refractivity contribution in [2.75, 3.05) is 13.1 Å². The van der Waals surface area contributed by atoms with Crippen LogP contribution in [0.25, 0.3) is 0 Å². The van der Waals surface area contributed by atoms with Crippen molar-refractivity contribution in [1.82, 2.24) is 10.2 Å². The maximum absolute atomic E-state index is 12.5. The summed E-state index contributed by atoms with van der Waals surface area (Å²) in [4.78, 5) is 14.6. The van der Waals surface area contributed by atoms with Crippen LogP contribution in [-0.2, 0) is 4.79 Å². The molecule has 0 aromatic rings. The molecule has 98 valence electrons. The van der Waals surface area contributed by atoms with Gasteiger partial charge in [0.2, 0.25) is 5.91 Å². The van der Waals surface area contributed by atoms with Crippen molar-refractivity contribution in [2.45, 2.75) is 58.5 Å². The molecule has 2 aliphatic rings. The van der Waals surface area contributed by atoms with Crippen molar-refractivity contribution < 1.29 is 4.79 Å². The van der Waals surface area contributed by atoms with Gasteiger partial charge in [0.25, 0.3) is 0 Å². The molecule has 1 amide bonds. The molecule has 0 spiro atoms. The highest BCUT2D eigenvalue weighted by Gasteiger charge is 2.36. The Morgan fingerprint density at radius 2 is 2.00 bits per heavy atom. The molecule has 0 aromatic heterocycles. The van der Waals surface area contributed by atoms with Crippen LogP contribution in [0.15, 0.2) is 0 Å². The van der Waals surface area contributed by atoms with Crippen molar-refractivity contribution in [3.63, 3.8) is 0 Å². The lowest BCUT2D eigenvalue weighted by Gasteiger charge is -2.29. The summed E-state index contributed by atoms with van der Waals surface area (Å²) in [5, 5.41) is 3.50. The van der Waals surface area contributed by atoms with Gasteiger partial charge in [-0.1, -0.05) is 20.8 Å². The van der Waals surface area contributed by atoms with E-state index in [0.717, 1.165) is 13.1 Å². The fourth-order valence-electron chi connectivity index (χ4n) is 2.50. The van der Waals surface area contributed by atoms with E-state index in [4.69, 9.17) is 0 Å². The summed E-state index contributed by atoms with van der Waals surface area (Å²) in [6, 6.07) is 1.09. The summed E-state index contributed by atoms with van der Waals surface area (Å²) in [7, 11) is 0. The second kappa shape index (κ2) is 5.38. The van der Waals surface area contributed by atoms with Crippen LogP contribution >= 0.6 is 0 Å². The third-order valence-corrected chi connectivity index (χ3v) is 4.24. The summed E-state index contributed by atoms with van der Waals surface area (Å²) in [5.41, 5.74) is 0. The molecule has 1 saturated heterocycles. The number of amides is 1. The van der Waals surface area contributed by atoms with Crippen LogP contribution in [0.4, 0.5) is 0 Å². The Labute approximate surface area is 105 Å². The Morgan fingerprint density at radius 1 is 1.29 bits per heavy atom. The van der Waals surface area contributed by atoms with E-state index in [-0.39, 0.29) is 5.92 Å². The molecule has 2 atom stereocenters. The second-order valence-electron chi connectivity index (χ2n) is 6.05. The summed E-state index contributed by atoms with van der Waals surface area (Å²) in [5.74, 6) is 0.980. The van der Waals surface area contributed by atoms with Gasteiger partial charge in [-0.15, -0.1) is 0 Å². The van der Waals surface area contributed by atoms with Crippen molar-refractivity contribution in [2.24, 2.45) is 11.8 Å². The molecule has 0 bridgehead atoms. The standard InChI is InChI=1S/C14H26N2O/c1-10(2)11(3)14(17)16(13-6-7-13)9-12-5-4-8-15-12/h10-13,15H,4-9H2,1-3H3. The third kappa shape index (κ3) is 3.21.